The Morgan fingerprint density at radius 3 is 2.65 bits per heavy atom. The zero-order chi connectivity index (χ0) is 17.5. The Morgan fingerprint density at radius 2 is 2.09 bits per heavy atom. The summed E-state index contributed by atoms with van der Waals surface area (Å²) >= 11 is 6.12. The van der Waals surface area contributed by atoms with Crippen LogP contribution in [0.4, 0.5) is 5.69 Å². The minimum absolute atomic E-state index is 0.256. The van der Waals surface area contributed by atoms with Gasteiger partial charge < -0.3 is 21.1 Å². The highest BCUT2D eigenvalue weighted by Gasteiger charge is 2.27. The first kappa shape index (κ1) is 19.4. The van der Waals surface area contributed by atoms with E-state index >= 15 is 0 Å². The topological polar surface area (TPSA) is 93.5 Å². The van der Waals surface area contributed by atoms with Gasteiger partial charge in [-0.05, 0) is 31.5 Å². The van der Waals surface area contributed by atoms with Crippen molar-refractivity contribution in [1.29, 1.82) is 0 Å². The Labute approximate surface area is 141 Å². The molecule has 0 aromatic heterocycles. The SMILES string of the molecule is CCCC(C)(N)C(=O)Nc1ccc(C(=O)NCCOC)c(Cl)c1. The predicted molar refractivity (Wildman–Crippen MR) is 91.8 cm³/mol. The van der Waals surface area contributed by atoms with Crippen LogP contribution >= 0.6 is 11.6 Å². The molecule has 0 spiro atoms. The minimum Gasteiger partial charge on any atom is -0.383 e. The summed E-state index contributed by atoms with van der Waals surface area (Å²) in [6.45, 7) is 4.47. The van der Waals surface area contributed by atoms with Crippen LogP contribution in [0.5, 0.6) is 0 Å². The number of rotatable bonds is 8. The normalized spacial score (nSPS) is 13.3. The standard InChI is InChI=1S/C16H24ClN3O3/c1-4-7-16(2,18)15(22)20-11-5-6-12(13(17)10-11)14(21)19-8-9-23-3/h5-6,10H,4,7-9,18H2,1-3H3,(H,19,21)(H,20,22). The highest BCUT2D eigenvalue weighted by atomic mass is 35.5. The van der Waals surface area contributed by atoms with Gasteiger partial charge in [0, 0.05) is 19.3 Å². The van der Waals surface area contributed by atoms with E-state index in [1.54, 1.807) is 26.2 Å². The lowest BCUT2D eigenvalue weighted by Gasteiger charge is -2.23. The van der Waals surface area contributed by atoms with Gasteiger partial charge in [0.25, 0.3) is 5.91 Å². The Balaban J connectivity index is 2.76. The second-order valence-corrected chi connectivity index (χ2v) is 5.97. The zero-order valence-electron chi connectivity index (χ0n) is 13.7. The van der Waals surface area contributed by atoms with Crippen LogP contribution in [0.2, 0.25) is 5.02 Å². The molecule has 6 nitrogen and oxygen atoms in total. The first-order valence-corrected chi connectivity index (χ1v) is 7.86. The molecule has 128 valence electrons. The van der Waals surface area contributed by atoms with Crippen molar-refractivity contribution in [3.8, 4) is 0 Å². The van der Waals surface area contributed by atoms with E-state index in [-0.39, 0.29) is 16.8 Å². The molecular weight excluding hydrogens is 318 g/mol. The van der Waals surface area contributed by atoms with Gasteiger partial charge in [0.15, 0.2) is 0 Å². The van der Waals surface area contributed by atoms with Gasteiger partial charge >= 0.3 is 0 Å². The fourth-order valence-electron chi connectivity index (χ4n) is 2.05. The maximum absolute atomic E-state index is 12.2. The third-order valence-corrected chi connectivity index (χ3v) is 3.66. The van der Waals surface area contributed by atoms with Crippen molar-refractivity contribution in [2.24, 2.45) is 5.73 Å². The van der Waals surface area contributed by atoms with Crippen molar-refractivity contribution in [2.75, 3.05) is 25.6 Å². The number of anilines is 1. The van der Waals surface area contributed by atoms with Crippen LogP contribution in [0.1, 0.15) is 37.0 Å². The average Bonchev–Trinajstić information content (AvgIpc) is 2.47. The number of hydrogen-bond donors (Lipinski definition) is 3. The smallest absolute Gasteiger partial charge is 0.252 e. The number of ether oxygens (including phenoxy) is 1. The molecule has 7 heteroatoms. The van der Waals surface area contributed by atoms with E-state index in [1.807, 2.05) is 6.92 Å². The molecule has 0 fully saturated rings. The fourth-order valence-corrected chi connectivity index (χ4v) is 2.31. The summed E-state index contributed by atoms with van der Waals surface area (Å²) in [5.74, 6) is -0.577. The lowest BCUT2D eigenvalue weighted by atomic mass is 9.96. The van der Waals surface area contributed by atoms with Gasteiger partial charge in [-0.2, -0.15) is 0 Å². The second kappa shape index (κ2) is 8.86. The van der Waals surface area contributed by atoms with E-state index in [2.05, 4.69) is 10.6 Å². The molecule has 0 heterocycles. The number of carbonyl (C=O) groups excluding carboxylic acids is 2. The molecule has 1 unspecified atom stereocenters. The minimum atomic E-state index is -0.947. The third kappa shape index (κ3) is 5.82. The van der Waals surface area contributed by atoms with Crippen LogP contribution < -0.4 is 16.4 Å². The summed E-state index contributed by atoms with van der Waals surface area (Å²) in [6, 6.07) is 4.72. The molecule has 0 aliphatic carbocycles. The number of carbonyl (C=O) groups is 2. The van der Waals surface area contributed by atoms with Crippen molar-refractivity contribution >= 4 is 29.1 Å². The van der Waals surface area contributed by atoms with Crippen molar-refractivity contribution < 1.29 is 14.3 Å². The molecule has 0 saturated heterocycles. The largest absolute Gasteiger partial charge is 0.383 e. The Hall–Kier alpha value is -1.63. The van der Waals surface area contributed by atoms with E-state index < -0.39 is 5.54 Å². The number of benzene rings is 1. The van der Waals surface area contributed by atoms with Gasteiger partial charge in [0.1, 0.15) is 0 Å². The van der Waals surface area contributed by atoms with Crippen LogP contribution in [-0.4, -0.2) is 37.6 Å². The highest BCUT2D eigenvalue weighted by Crippen LogP contribution is 2.22. The number of methoxy groups -OCH3 is 1. The molecular formula is C16H24ClN3O3. The van der Waals surface area contributed by atoms with Crippen LogP contribution in [0, 0.1) is 0 Å². The molecule has 0 aliphatic rings. The van der Waals surface area contributed by atoms with Crippen LogP contribution in [0.25, 0.3) is 0 Å². The molecule has 23 heavy (non-hydrogen) atoms. The predicted octanol–water partition coefficient (Wildman–Crippen LogP) is 2.17. The molecule has 1 aromatic carbocycles. The Morgan fingerprint density at radius 1 is 1.39 bits per heavy atom. The summed E-state index contributed by atoms with van der Waals surface area (Å²) < 4.78 is 4.87. The third-order valence-electron chi connectivity index (χ3n) is 3.35. The Kier molecular flexibility index (Phi) is 7.48. The van der Waals surface area contributed by atoms with Crippen LogP contribution in [0.3, 0.4) is 0 Å². The maximum atomic E-state index is 12.2. The monoisotopic (exact) mass is 341 g/mol. The van der Waals surface area contributed by atoms with Gasteiger partial charge in [0.2, 0.25) is 5.91 Å². The van der Waals surface area contributed by atoms with Gasteiger partial charge in [-0.15, -0.1) is 0 Å². The Bertz CT molecular complexity index is 562. The summed E-state index contributed by atoms with van der Waals surface area (Å²) in [5.41, 5.74) is 5.87. The van der Waals surface area contributed by atoms with Gasteiger partial charge in [-0.25, -0.2) is 0 Å². The number of hydrogen-bond acceptors (Lipinski definition) is 4. The summed E-state index contributed by atoms with van der Waals surface area (Å²) in [5, 5.41) is 5.67. The van der Waals surface area contributed by atoms with Crippen LogP contribution in [-0.2, 0) is 9.53 Å². The zero-order valence-corrected chi connectivity index (χ0v) is 14.5. The molecule has 0 radical (unpaired) electrons. The average molecular weight is 342 g/mol. The molecule has 1 atom stereocenters. The molecule has 0 bridgehead atoms. The van der Waals surface area contributed by atoms with Crippen molar-refractivity contribution in [1.82, 2.24) is 5.32 Å². The van der Waals surface area contributed by atoms with Gasteiger partial charge in [-0.3, -0.25) is 9.59 Å². The van der Waals surface area contributed by atoms with Gasteiger partial charge in [0.05, 0.1) is 22.7 Å². The number of nitrogens with one attached hydrogen (secondary N) is 2. The fraction of sp³-hybridized carbons (Fsp3) is 0.500. The first-order chi connectivity index (χ1) is 10.8. The molecule has 0 aliphatic heterocycles. The van der Waals surface area contributed by atoms with Crippen LogP contribution in [0.15, 0.2) is 18.2 Å². The van der Waals surface area contributed by atoms with E-state index in [1.165, 1.54) is 6.07 Å². The second-order valence-electron chi connectivity index (χ2n) is 5.56. The lowest BCUT2D eigenvalue weighted by molar-refractivity contribution is -0.120. The van der Waals surface area contributed by atoms with E-state index in [4.69, 9.17) is 22.1 Å². The number of nitrogens with two attached hydrogens (primary N) is 1. The maximum Gasteiger partial charge on any atom is 0.252 e. The number of halogens is 1. The summed E-state index contributed by atoms with van der Waals surface area (Å²) in [7, 11) is 1.56. The molecule has 2 amide bonds. The highest BCUT2D eigenvalue weighted by molar-refractivity contribution is 6.34. The van der Waals surface area contributed by atoms with Gasteiger partial charge in [-0.1, -0.05) is 24.9 Å². The molecule has 4 N–H and O–H groups in total. The van der Waals surface area contributed by atoms with E-state index in [0.29, 0.717) is 30.8 Å². The van der Waals surface area contributed by atoms with Crippen molar-refractivity contribution in [2.45, 2.75) is 32.2 Å². The molecule has 1 aromatic rings. The summed E-state index contributed by atoms with van der Waals surface area (Å²) in [6.07, 6.45) is 1.38. The first-order valence-electron chi connectivity index (χ1n) is 7.49. The quantitative estimate of drug-likeness (QED) is 0.632. The van der Waals surface area contributed by atoms with Crippen molar-refractivity contribution in [3.63, 3.8) is 0 Å². The number of amides is 2. The van der Waals surface area contributed by atoms with E-state index in [9.17, 15) is 9.59 Å². The molecule has 0 saturated carbocycles. The summed E-state index contributed by atoms with van der Waals surface area (Å²) in [4.78, 5) is 24.1. The van der Waals surface area contributed by atoms with E-state index in [0.717, 1.165) is 6.42 Å². The lowest BCUT2D eigenvalue weighted by Crippen LogP contribution is -2.48. The van der Waals surface area contributed by atoms with Crippen molar-refractivity contribution in [3.05, 3.63) is 28.8 Å². The molecule has 1 rings (SSSR count).